The number of hydrogen-bond acceptors (Lipinski definition) is 5. The molecule has 2 aliphatic heterocycles. The summed E-state index contributed by atoms with van der Waals surface area (Å²) < 4.78 is 6.16. The molecule has 3 heterocycles. The maximum Gasteiger partial charge on any atom is 0.219 e. The highest BCUT2D eigenvalue weighted by atomic mass is 16.5. The normalized spacial score (nSPS) is 20.6. The summed E-state index contributed by atoms with van der Waals surface area (Å²) in [6, 6.07) is 10.3. The summed E-state index contributed by atoms with van der Waals surface area (Å²) in [4.78, 5) is 20.2. The predicted octanol–water partition coefficient (Wildman–Crippen LogP) is 4.03. The van der Waals surface area contributed by atoms with E-state index in [2.05, 4.69) is 62.0 Å². The number of rotatable bonds is 7. The molecule has 1 aromatic heterocycles. The van der Waals surface area contributed by atoms with Crippen LogP contribution in [-0.4, -0.2) is 65.6 Å². The van der Waals surface area contributed by atoms with E-state index >= 15 is 0 Å². The third kappa shape index (κ3) is 4.71. The van der Waals surface area contributed by atoms with Crippen molar-refractivity contribution in [3.63, 3.8) is 0 Å². The minimum atomic E-state index is -1.17. The zero-order valence-electron chi connectivity index (χ0n) is 21.3. The monoisotopic (exact) mass is 465 g/mol. The van der Waals surface area contributed by atoms with Gasteiger partial charge in [-0.25, -0.2) is 0 Å². The van der Waals surface area contributed by atoms with Crippen LogP contribution in [0.1, 0.15) is 63.1 Å². The van der Waals surface area contributed by atoms with Gasteiger partial charge >= 0.3 is 0 Å². The van der Waals surface area contributed by atoms with Crippen LogP contribution in [0.25, 0.3) is 0 Å². The van der Waals surface area contributed by atoms with E-state index in [1.165, 1.54) is 5.56 Å². The summed E-state index contributed by atoms with van der Waals surface area (Å²) >= 11 is 0. The first kappa shape index (κ1) is 24.7. The molecule has 0 bridgehead atoms. The average Bonchev–Trinajstić information content (AvgIpc) is 2.81. The SMILES string of the molecule is CC(=O)N1CCC(COc2cncc([C@@](O)(c3ccc(C(C)C)cc3)C3(C)CN(C)C3)c2)CC1. The van der Waals surface area contributed by atoms with E-state index in [-0.39, 0.29) is 11.3 Å². The third-order valence-corrected chi connectivity index (χ3v) is 7.78. The molecular formula is C28H39N3O3. The molecule has 2 aromatic rings. The number of amides is 1. The van der Waals surface area contributed by atoms with Gasteiger partial charge in [-0.2, -0.15) is 0 Å². The van der Waals surface area contributed by atoms with Gasteiger partial charge in [0.15, 0.2) is 0 Å². The number of aromatic nitrogens is 1. The largest absolute Gasteiger partial charge is 0.492 e. The molecule has 1 aromatic carbocycles. The second-order valence-electron chi connectivity index (χ2n) is 10.9. The molecule has 2 fully saturated rings. The highest BCUT2D eigenvalue weighted by Crippen LogP contribution is 2.50. The summed E-state index contributed by atoms with van der Waals surface area (Å²) in [6.45, 7) is 11.9. The molecule has 1 atom stereocenters. The molecule has 2 aliphatic rings. The molecule has 6 heteroatoms. The zero-order valence-corrected chi connectivity index (χ0v) is 21.3. The van der Waals surface area contributed by atoms with Gasteiger partial charge in [0.05, 0.1) is 12.8 Å². The Balaban J connectivity index is 1.56. The van der Waals surface area contributed by atoms with Crippen molar-refractivity contribution in [3.8, 4) is 5.75 Å². The van der Waals surface area contributed by atoms with Gasteiger partial charge in [0.2, 0.25) is 5.91 Å². The first-order valence-electron chi connectivity index (χ1n) is 12.5. The topological polar surface area (TPSA) is 65.9 Å². The fraction of sp³-hybridized carbons (Fsp3) is 0.571. The van der Waals surface area contributed by atoms with Crippen molar-refractivity contribution < 1.29 is 14.6 Å². The van der Waals surface area contributed by atoms with E-state index < -0.39 is 5.60 Å². The average molecular weight is 466 g/mol. The van der Waals surface area contributed by atoms with Gasteiger partial charge in [-0.05, 0) is 48.9 Å². The Labute approximate surface area is 203 Å². The van der Waals surface area contributed by atoms with Gasteiger partial charge in [-0.1, -0.05) is 45.0 Å². The van der Waals surface area contributed by atoms with Crippen molar-refractivity contribution in [1.29, 1.82) is 0 Å². The number of likely N-dealkylation sites (tertiary alicyclic amines) is 2. The maximum atomic E-state index is 12.3. The Morgan fingerprint density at radius 2 is 1.82 bits per heavy atom. The fourth-order valence-corrected chi connectivity index (χ4v) is 5.67. The van der Waals surface area contributed by atoms with E-state index in [9.17, 15) is 9.90 Å². The minimum Gasteiger partial charge on any atom is -0.492 e. The Kier molecular flexibility index (Phi) is 7.02. The lowest BCUT2D eigenvalue weighted by atomic mass is 9.62. The smallest absolute Gasteiger partial charge is 0.219 e. The van der Waals surface area contributed by atoms with Gasteiger partial charge < -0.3 is 19.6 Å². The number of ether oxygens (including phenoxy) is 1. The number of nitrogens with zero attached hydrogens (tertiary/aromatic N) is 3. The quantitative estimate of drug-likeness (QED) is 0.669. The van der Waals surface area contributed by atoms with Crippen LogP contribution in [0.4, 0.5) is 0 Å². The van der Waals surface area contributed by atoms with Crippen molar-refractivity contribution >= 4 is 5.91 Å². The molecule has 6 nitrogen and oxygen atoms in total. The molecule has 2 saturated heterocycles. The lowest BCUT2D eigenvalue weighted by Crippen LogP contribution is -2.63. The van der Waals surface area contributed by atoms with E-state index in [0.717, 1.165) is 50.1 Å². The molecule has 0 unspecified atom stereocenters. The number of hydrogen-bond donors (Lipinski definition) is 1. The van der Waals surface area contributed by atoms with E-state index in [4.69, 9.17) is 4.74 Å². The molecule has 1 amide bonds. The van der Waals surface area contributed by atoms with Crippen LogP contribution in [0.2, 0.25) is 0 Å². The van der Waals surface area contributed by atoms with Gasteiger partial charge in [0, 0.05) is 50.3 Å². The summed E-state index contributed by atoms with van der Waals surface area (Å²) in [6.07, 6.45) is 5.40. The number of aliphatic hydroxyl groups is 1. The highest BCUT2D eigenvalue weighted by Gasteiger charge is 2.55. The predicted molar refractivity (Wildman–Crippen MR) is 134 cm³/mol. The zero-order chi connectivity index (χ0) is 24.5. The van der Waals surface area contributed by atoms with Crippen molar-refractivity contribution in [2.75, 3.05) is 39.8 Å². The summed E-state index contributed by atoms with van der Waals surface area (Å²) in [5.74, 6) is 1.68. The number of carbonyl (C=O) groups excluding carboxylic acids is 1. The van der Waals surface area contributed by atoms with Crippen LogP contribution in [0.15, 0.2) is 42.7 Å². The van der Waals surface area contributed by atoms with Crippen LogP contribution in [0, 0.1) is 11.3 Å². The summed E-state index contributed by atoms with van der Waals surface area (Å²) in [5, 5.41) is 12.3. The summed E-state index contributed by atoms with van der Waals surface area (Å²) in [5.41, 5.74) is 1.41. The number of benzene rings is 1. The Morgan fingerprint density at radius 1 is 1.18 bits per heavy atom. The van der Waals surface area contributed by atoms with E-state index in [1.807, 2.05) is 11.0 Å². The van der Waals surface area contributed by atoms with Gasteiger partial charge in [-0.3, -0.25) is 9.78 Å². The van der Waals surface area contributed by atoms with Crippen molar-refractivity contribution in [2.24, 2.45) is 11.3 Å². The van der Waals surface area contributed by atoms with Crippen molar-refractivity contribution in [1.82, 2.24) is 14.8 Å². The molecule has 0 aliphatic carbocycles. The fourth-order valence-electron chi connectivity index (χ4n) is 5.67. The van der Waals surface area contributed by atoms with Crippen LogP contribution in [0.5, 0.6) is 5.75 Å². The molecule has 4 rings (SSSR count). The van der Waals surface area contributed by atoms with Gasteiger partial charge in [-0.15, -0.1) is 0 Å². The molecule has 34 heavy (non-hydrogen) atoms. The second kappa shape index (κ2) is 9.67. The van der Waals surface area contributed by atoms with Crippen LogP contribution >= 0.6 is 0 Å². The molecule has 0 saturated carbocycles. The lowest BCUT2D eigenvalue weighted by molar-refractivity contribution is -0.130. The molecule has 184 valence electrons. The summed E-state index contributed by atoms with van der Waals surface area (Å²) in [7, 11) is 2.08. The number of pyridine rings is 1. The molecule has 1 N–H and O–H groups in total. The molecular weight excluding hydrogens is 426 g/mol. The highest BCUT2D eigenvalue weighted by molar-refractivity contribution is 5.73. The molecule has 0 radical (unpaired) electrons. The van der Waals surface area contributed by atoms with Crippen LogP contribution in [-0.2, 0) is 10.4 Å². The maximum absolute atomic E-state index is 12.3. The Bertz CT molecular complexity index is 992. The number of carbonyl (C=O) groups is 1. The van der Waals surface area contributed by atoms with E-state index in [0.29, 0.717) is 24.2 Å². The standard InChI is InChI=1S/C28H39N3O3/c1-20(2)23-6-8-24(9-7-23)28(33,27(4)18-30(5)19-27)25-14-26(16-29-15-25)34-17-22-10-12-31(13-11-22)21(3)32/h6-9,14-16,20,22,33H,10-13,17-19H2,1-5H3/t28-/m0/s1. The first-order valence-corrected chi connectivity index (χ1v) is 12.5. The number of piperidine rings is 1. The van der Waals surface area contributed by atoms with Crippen molar-refractivity contribution in [2.45, 2.75) is 52.1 Å². The molecule has 0 spiro atoms. The Hall–Kier alpha value is -2.44. The third-order valence-electron chi connectivity index (χ3n) is 7.78. The Morgan fingerprint density at radius 3 is 2.38 bits per heavy atom. The van der Waals surface area contributed by atoms with Gasteiger partial charge in [0.25, 0.3) is 0 Å². The van der Waals surface area contributed by atoms with Crippen LogP contribution in [0.3, 0.4) is 0 Å². The second-order valence-corrected chi connectivity index (χ2v) is 10.9. The minimum absolute atomic E-state index is 0.145. The first-order chi connectivity index (χ1) is 16.1. The van der Waals surface area contributed by atoms with Gasteiger partial charge in [0.1, 0.15) is 11.4 Å². The van der Waals surface area contributed by atoms with Crippen LogP contribution < -0.4 is 4.74 Å². The van der Waals surface area contributed by atoms with E-state index in [1.54, 1.807) is 19.3 Å². The lowest BCUT2D eigenvalue weighted by Gasteiger charge is -2.55. The van der Waals surface area contributed by atoms with Crippen molar-refractivity contribution in [3.05, 3.63) is 59.4 Å².